The third kappa shape index (κ3) is 2.50. The van der Waals surface area contributed by atoms with Crippen molar-refractivity contribution >= 4 is 11.8 Å². The molecule has 0 aliphatic heterocycles. The molecule has 1 heterocycles. The SMILES string of the molecule is CCSC(CN)c1ccccn1. The molecular weight excluding hydrogens is 168 g/mol. The van der Waals surface area contributed by atoms with Crippen LogP contribution in [0.2, 0.25) is 0 Å². The zero-order valence-electron chi connectivity index (χ0n) is 7.23. The molecule has 0 aliphatic carbocycles. The van der Waals surface area contributed by atoms with E-state index in [1.165, 1.54) is 0 Å². The molecule has 0 bridgehead atoms. The number of hydrogen-bond acceptors (Lipinski definition) is 3. The predicted molar refractivity (Wildman–Crippen MR) is 54.2 cm³/mol. The second kappa shape index (κ2) is 5.17. The largest absolute Gasteiger partial charge is 0.329 e. The van der Waals surface area contributed by atoms with Gasteiger partial charge in [-0.1, -0.05) is 13.0 Å². The van der Waals surface area contributed by atoms with Crippen LogP contribution in [0.15, 0.2) is 24.4 Å². The molecule has 2 nitrogen and oxygen atoms in total. The maximum Gasteiger partial charge on any atom is 0.0592 e. The maximum atomic E-state index is 5.63. The molecule has 0 aliphatic rings. The summed E-state index contributed by atoms with van der Waals surface area (Å²) in [5.74, 6) is 1.08. The molecule has 0 aromatic carbocycles. The van der Waals surface area contributed by atoms with Crippen molar-refractivity contribution < 1.29 is 0 Å². The molecule has 1 rings (SSSR count). The molecule has 1 aromatic rings. The van der Waals surface area contributed by atoms with Gasteiger partial charge in [-0.15, -0.1) is 0 Å². The van der Waals surface area contributed by atoms with E-state index in [9.17, 15) is 0 Å². The van der Waals surface area contributed by atoms with Gasteiger partial charge in [0.25, 0.3) is 0 Å². The molecule has 1 unspecified atom stereocenters. The summed E-state index contributed by atoms with van der Waals surface area (Å²) in [5, 5.41) is 0.358. The number of nitrogens with zero attached hydrogens (tertiary/aromatic N) is 1. The van der Waals surface area contributed by atoms with Crippen LogP contribution >= 0.6 is 11.8 Å². The minimum Gasteiger partial charge on any atom is -0.329 e. The molecule has 12 heavy (non-hydrogen) atoms. The first-order valence-corrected chi connectivity index (χ1v) is 5.16. The highest BCUT2D eigenvalue weighted by atomic mass is 32.2. The summed E-state index contributed by atoms with van der Waals surface area (Å²) < 4.78 is 0. The van der Waals surface area contributed by atoms with E-state index in [-0.39, 0.29) is 0 Å². The second-order valence-corrected chi connectivity index (χ2v) is 3.91. The van der Waals surface area contributed by atoms with Gasteiger partial charge in [0.15, 0.2) is 0 Å². The van der Waals surface area contributed by atoms with Crippen molar-refractivity contribution in [2.75, 3.05) is 12.3 Å². The predicted octanol–water partition coefficient (Wildman–Crippen LogP) is 1.83. The Kier molecular flexibility index (Phi) is 4.11. The van der Waals surface area contributed by atoms with Crippen molar-refractivity contribution in [1.29, 1.82) is 0 Å². The number of aromatic nitrogens is 1. The Morgan fingerprint density at radius 3 is 2.92 bits per heavy atom. The fourth-order valence-corrected chi connectivity index (χ4v) is 1.89. The highest BCUT2D eigenvalue weighted by Gasteiger charge is 2.08. The normalized spacial score (nSPS) is 12.8. The first kappa shape index (κ1) is 9.55. The summed E-state index contributed by atoms with van der Waals surface area (Å²) in [4.78, 5) is 4.27. The van der Waals surface area contributed by atoms with Crippen LogP contribution in [0, 0.1) is 0 Å². The Balaban J connectivity index is 2.66. The monoisotopic (exact) mass is 182 g/mol. The van der Waals surface area contributed by atoms with E-state index in [0.717, 1.165) is 11.4 Å². The van der Waals surface area contributed by atoms with Gasteiger partial charge in [-0.2, -0.15) is 11.8 Å². The van der Waals surface area contributed by atoms with Gasteiger partial charge in [-0.25, -0.2) is 0 Å². The molecule has 1 atom stereocenters. The summed E-state index contributed by atoms with van der Waals surface area (Å²) in [5.41, 5.74) is 6.72. The van der Waals surface area contributed by atoms with Gasteiger partial charge < -0.3 is 5.73 Å². The van der Waals surface area contributed by atoms with E-state index >= 15 is 0 Å². The van der Waals surface area contributed by atoms with Crippen molar-refractivity contribution in [3.63, 3.8) is 0 Å². The minimum atomic E-state index is 0.358. The lowest BCUT2D eigenvalue weighted by molar-refractivity contribution is 0.899. The average molecular weight is 182 g/mol. The van der Waals surface area contributed by atoms with Gasteiger partial charge >= 0.3 is 0 Å². The van der Waals surface area contributed by atoms with Crippen molar-refractivity contribution in [2.45, 2.75) is 12.2 Å². The standard InChI is InChI=1S/C9H14N2S/c1-2-12-9(7-10)8-5-3-4-6-11-8/h3-6,9H,2,7,10H2,1H3. The fraction of sp³-hybridized carbons (Fsp3) is 0.444. The van der Waals surface area contributed by atoms with Gasteiger partial charge in [-0.05, 0) is 17.9 Å². The van der Waals surface area contributed by atoms with Crippen molar-refractivity contribution in [2.24, 2.45) is 5.73 Å². The zero-order valence-corrected chi connectivity index (χ0v) is 8.05. The molecule has 2 N–H and O–H groups in total. The van der Waals surface area contributed by atoms with Crippen molar-refractivity contribution in [3.05, 3.63) is 30.1 Å². The highest BCUT2D eigenvalue weighted by Crippen LogP contribution is 2.24. The Labute approximate surface area is 77.6 Å². The van der Waals surface area contributed by atoms with Crippen molar-refractivity contribution in [1.82, 2.24) is 4.98 Å². The summed E-state index contributed by atoms with van der Waals surface area (Å²) in [6, 6.07) is 5.95. The molecule has 66 valence electrons. The first-order chi connectivity index (χ1) is 5.88. The lowest BCUT2D eigenvalue weighted by atomic mass is 10.3. The number of nitrogens with two attached hydrogens (primary N) is 1. The zero-order chi connectivity index (χ0) is 8.81. The van der Waals surface area contributed by atoms with Crippen LogP contribution in [0.5, 0.6) is 0 Å². The van der Waals surface area contributed by atoms with Crippen LogP contribution in [-0.4, -0.2) is 17.3 Å². The van der Waals surface area contributed by atoms with Crippen LogP contribution in [0.1, 0.15) is 17.9 Å². The van der Waals surface area contributed by atoms with Crippen LogP contribution in [0.25, 0.3) is 0 Å². The molecule has 0 spiro atoms. The van der Waals surface area contributed by atoms with Crippen molar-refractivity contribution in [3.8, 4) is 0 Å². The Hall–Kier alpha value is -0.540. The van der Waals surface area contributed by atoms with Crippen LogP contribution in [0.3, 0.4) is 0 Å². The second-order valence-electron chi connectivity index (χ2n) is 2.43. The summed E-state index contributed by atoms with van der Waals surface area (Å²) in [7, 11) is 0. The lowest BCUT2D eigenvalue weighted by Gasteiger charge is -2.11. The Bertz CT molecular complexity index is 213. The van der Waals surface area contributed by atoms with Gasteiger partial charge in [0.05, 0.1) is 10.9 Å². The van der Waals surface area contributed by atoms with Gasteiger partial charge in [0, 0.05) is 12.7 Å². The Morgan fingerprint density at radius 1 is 1.58 bits per heavy atom. The molecule has 3 heteroatoms. The molecular formula is C9H14N2S. The van der Waals surface area contributed by atoms with E-state index in [0.29, 0.717) is 11.8 Å². The quantitative estimate of drug-likeness (QED) is 0.772. The topological polar surface area (TPSA) is 38.9 Å². The van der Waals surface area contributed by atoms with Crippen LogP contribution < -0.4 is 5.73 Å². The third-order valence-electron chi connectivity index (χ3n) is 1.60. The average Bonchev–Trinajstić information content (AvgIpc) is 2.15. The Morgan fingerprint density at radius 2 is 2.42 bits per heavy atom. The van der Waals surface area contributed by atoms with Crippen LogP contribution in [-0.2, 0) is 0 Å². The van der Waals surface area contributed by atoms with E-state index in [1.807, 2.05) is 36.2 Å². The number of thioether (sulfide) groups is 1. The third-order valence-corrected chi connectivity index (χ3v) is 2.77. The highest BCUT2D eigenvalue weighted by molar-refractivity contribution is 7.99. The summed E-state index contributed by atoms with van der Waals surface area (Å²) in [6.45, 7) is 2.80. The van der Waals surface area contributed by atoms with E-state index in [2.05, 4.69) is 11.9 Å². The lowest BCUT2D eigenvalue weighted by Crippen LogP contribution is -2.10. The fourth-order valence-electron chi connectivity index (χ4n) is 1.04. The number of hydrogen-bond donors (Lipinski definition) is 1. The first-order valence-electron chi connectivity index (χ1n) is 4.11. The van der Waals surface area contributed by atoms with Gasteiger partial charge in [-0.3, -0.25) is 4.98 Å². The number of pyridine rings is 1. The van der Waals surface area contributed by atoms with E-state index < -0.39 is 0 Å². The van der Waals surface area contributed by atoms with Gasteiger partial charge in [0.2, 0.25) is 0 Å². The molecule has 1 aromatic heterocycles. The molecule has 0 radical (unpaired) electrons. The molecule has 0 amide bonds. The molecule has 0 saturated carbocycles. The number of rotatable bonds is 4. The van der Waals surface area contributed by atoms with E-state index in [1.54, 1.807) is 0 Å². The summed E-state index contributed by atoms with van der Waals surface area (Å²) >= 11 is 1.84. The van der Waals surface area contributed by atoms with E-state index in [4.69, 9.17) is 5.73 Å². The molecule has 0 saturated heterocycles. The molecule has 0 fully saturated rings. The van der Waals surface area contributed by atoms with Crippen LogP contribution in [0.4, 0.5) is 0 Å². The smallest absolute Gasteiger partial charge is 0.0592 e. The minimum absolute atomic E-state index is 0.358. The van der Waals surface area contributed by atoms with Gasteiger partial charge in [0.1, 0.15) is 0 Å². The summed E-state index contributed by atoms with van der Waals surface area (Å²) in [6.07, 6.45) is 1.81. The maximum absolute atomic E-state index is 5.63.